The molecule has 0 aliphatic rings. The van der Waals surface area contributed by atoms with Crippen molar-refractivity contribution < 1.29 is 4.92 Å². The summed E-state index contributed by atoms with van der Waals surface area (Å²) in [5.74, 6) is 0. The summed E-state index contributed by atoms with van der Waals surface area (Å²) in [6, 6.07) is 4.66. The van der Waals surface area contributed by atoms with Crippen LogP contribution in [0.25, 0.3) is 0 Å². The van der Waals surface area contributed by atoms with Gasteiger partial charge in [-0.25, -0.2) is 0 Å². The Morgan fingerprint density at radius 1 is 1.56 bits per heavy atom. The molecule has 0 saturated heterocycles. The summed E-state index contributed by atoms with van der Waals surface area (Å²) in [7, 11) is 0. The van der Waals surface area contributed by atoms with E-state index in [0.717, 1.165) is 10.6 Å². The van der Waals surface area contributed by atoms with Crippen molar-refractivity contribution in [3.05, 3.63) is 49.9 Å². The van der Waals surface area contributed by atoms with Crippen LogP contribution in [0.4, 0.5) is 11.4 Å². The summed E-state index contributed by atoms with van der Waals surface area (Å²) in [5.41, 5.74) is 2.41. The third-order valence-electron chi connectivity index (χ3n) is 2.41. The lowest BCUT2D eigenvalue weighted by Gasteiger charge is -2.13. The third-order valence-corrected chi connectivity index (χ3v) is 3.67. The molecule has 0 fully saturated rings. The number of nitrogens with one attached hydrogen (secondary N) is 1. The van der Waals surface area contributed by atoms with E-state index in [1.807, 2.05) is 6.92 Å². The standard InChI is InChI=1S/C11H10ClN3O2S/c1-7(11-5-13-6-18-11)14-8-2-3-10(15(16)17)9(12)4-8/h2-7,14H,1H3. The van der Waals surface area contributed by atoms with Gasteiger partial charge in [-0.2, -0.15) is 0 Å². The molecule has 2 rings (SSSR count). The second-order valence-corrected chi connectivity index (χ2v) is 5.02. The van der Waals surface area contributed by atoms with Crippen LogP contribution in [0.2, 0.25) is 5.02 Å². The number of hydrogen-bond donors (Lipinski definition) is 1. The van der Waals surface area contributed by atoms with Gasteiger partial charge >= 0.3 is 0 Å². The molecule has 18 heavy (non-hydrogen) atoms. The monoisotopic (exact) mass is 283 g/mol. The van der Waals surface area contributed by atoms with Gasteiger partial charge in [0.25, 0.3) is 5.69 Å². The Labute approximate surface area is 113 Å². The van der Waals surface area contributed by atoms with E-state index in [2.05, 4.69) is 10.3 Å². The van der Waals surface area contributed by atoms with E-state index in [4.69, 9.17) is 11.6 Å². The molecule has 0 spiro atoms. The molecule has 0 bridgehead atoms. The van der Waals surface area contributed by atoms with Crippen LogP contribution in [-0.2, 0) is 0 Å². The Bertz CT molecular complexity index is 559. The number of halogens is 1. The Kier molecular flexibility index (Phi) is 3.78. The van der Waals surface area contributed by atoms with Gasteiger partial charge in [0, 0.05) is 22.8 Å². The van der Waals surface area contributed by atoms with Crippen LogP contribution >= 0.6 is 22.9 Å². The smallest absolute Gasteiger partial charge is 0.288 e. The molecule has 0 aliphatic carbocycles. The lowest BCUT2D eigenvalue weighted by molar-refractivity contribution is -0.384. The fraction of sp³-hybridized carbons (Fsp3) is 0.182. The fourth-order valence-corrected chi connectivity index (χ4v) is 2.38. The lowest BCUT2D eigenvalue weighted by Crippen LogP contribution is -2.04. The van der Waals surface area contributed by atoms with Crippen molar-refractivity contribution in [3.8, 4) is 0 Å². The predicted octanol–water partition coefficient (Wildman–Crippen LogP) is 3.88. The summed E-state index contributed by atoms with van der Waals surface area (Å²) >= 11 is 7.39. The average molecular weight is 284 g/mol. The molecule has 0 saturated carbocycles. The topological polar surface area (TPSA) is 68.1 Å². The van der Waals surface area contributed by atoms with Crippen LogP contribution in [0.3, 0.4) is 0 Å². The molecule has 1 heterocycles. The largest absolute Gasteiger partial charge is 0.378 e. The molecule has 0 aliphatic heterocycles. The number of aromatic nitrogens is 1. The fourth-order valence-electron chi connectivity index (χ4n) is 1.51. The van der Waals surface area contributed by atoms with Gasteiger partial charge in [0.05, 0.1) is 16.5 Å². The van der Waals surface area contributed by atoms with Crippen molar-refractivity contribution >= 4 is 34.3 Å². The van der Waals surface area contributed by atoms with Gasteiger partial charge in [0.2, 0.25) is 0 Å². The number of anilines is 1. The summed E-state index contributed by atoms with van der Waals surface area (Å²) in [6.45, 7) is 1.99. The number of rotatable bonds is 4. The van der Waals surface area contributed by atoms with Gasteiger partial charge < -0.3 is 5.32 Å². The Hall–Kier alpha value is -1.66. The van der Waals surface area contributed by atoms with Crippen molar-refractivity contribution in [2.75, 3.05) is 5.32 Å². The second kappa shape index (κ2) is 5.32. The van der Waals surface area contributed by atoms with Gasteiger partial charge in [-0.3, -0.25) is 15.1 Å². The highest BCUT2D eigenvalue weighted by Gasteiger charge is 2.13. The van der Waals surface area contributed by atoms with E-state index in [0.29, 0.717) is 0 Å². The quantitative estimate of drug-likeness (QED) is 0.683. The van der Waals surface area contributed by atoms with Gasteiger partial charge in [-0.05, 0) is 19.1 Å². The molecule has 2 aromatic rings. The molecule has 1 aromatic carbocycles. The molecular formula is C11H10ClN3O2S. The Morgan fingerprint density at radius 2 is 2.33 bits per heavy atom. The highest BCUT2D eigenvalue weighted by molar-refractivity contribution is 7.09. The normalized spacial score (nSPS) is 12.1. The second-order valence-electron chi connectivity index (χ2n) is 3.69. The zero-order valence-corrected chi connectivity index (χ0v) is 11.0. The first-order chi connectivity index (χ1) is 8.58. The maximum atomic E-state index is 10.6. The minimum absolute atomic E-state index is 0.0787. The van der Waals surface area contributed by atoms with E-state index in [1.54, 1.807) is 35.2 Å². The summed E-state index contributed by atoms with van der Waals surface area (Å²) in [4.78, 5) is 15.2. The molecule has 0 amide bonds. The van der Waals surface area contributed by atoms with E-state index in [9.17, 15) is 10.1 Å². The van der Waals surface area contributed by atoms with Crippen LogP contribution in [0.1, 0.15) is 17.8 Å². The first-order valence-electron chi connectivity index (χ1n) is 5.17. The van der Waals surface area contributed by atoms with Crippen LogP contribution in [0.15, 0.2) is 29.9 Å². The average Bonchev–Trinajstić information content (AvgIpc) is 2.81. The number of thiazole rings is 1. The molecule has 7 heteroatoms. The molecule has 94 valence electrons. The van der Waals surface area contributed by atoms with Crippen molar-refractivity contribution in [1.29, 1.82) is 0 Å². The molecule has 1 N–H and O–H groups in total. The number of benzene rings is 1. The number of hydrogen-bond acceptors (Lipinski definition) is 5. The van der Waals surface area contributed by atoms with Crippen LogP contribution in [0.5, 0.6) is 0 Å². The van der Waals surface area contributed by atoms with Gasteiger partial charge in [0.15, 0.2) is 0 Å². The van der Waals surface area contributed by atoms with Gasteiger partial charge in [-0.15, -0.1) is 11.3 Å². The summed E-state index contributed by atoms with van der Waals surface area (Å²) in [6.07, 6.45) is 1.79. The van der Waals surface area contributed by atoms with Crippen molar-refractivity contribution in [3.63, 3.8) is 0 Å². The highest BCUT2D eigenvalue weighted by atomic mass is 35.5. The van der Waals surface area contributed by atoms with Crippen molar-refractivity contribution in [1.82, 2.24) is 4.98 Å². The van der Waals surface area contributed by atoms with E-state index in [-0.39, 0.29) is 16.8 Å². The lowest BCUT2D eigenvalue weighted by atomic mass is 10.2. The van der Waals surface area contributed by atoms with Crippen LogP contribution in [-0.4, -0.2) is 9.91 Å². The van der Waals surface area contributed by atoms with Gasteiger partial charge in [0.1, 0.15) is 5.02 Å². The molecule has 1 unspecified atom stereocenters. The maximum Gasteiger partial charge on any atom is 0.288 e. The minimum atomic E-state index is -0.501. The van der Waals surface area contributed by atoms with E-state index < -0.39 is 4.92 Å². The first kappa shape index (κ1) is 12.8. The van der Waals surface area contributed by atoms with Crippen LogP contribution < -0.4 is 5.32 Å². The highest BCUT2D eigenvalue weighted by Crippen LogP contribution is 2.29. The van der Waals surface area contributed by atoms with Crippen molar-refractivity contribution in [2.24, 2.45) is 0 Å². The van der Waals surface area contributed by atoms with E-state index >= 15 is 0 Å². The number of nitro benzene ring substituents is 1. The van der Waals surface area contributed by atoms with Crippen molar-refractivity contribution in [2.45, 2.75) is 13.0 Å². The molecule has 1 atom stereocenters. The summed E-state index contributed by atoms with van der Waals surface area (Å²) in [5, 5.41) is 14.0. The molecule has 1 aromatic heterocycles. The Balaban J connectivity index is 2.15. The number of nitro groups is 1. The predicted molar refractivity (Wildman–Crippen MR) is 72.3 cm³/mol. The zero-order chi connectivity index (χ0) is 13.1. The maximum absolute atomic E-state index is 10.6. The third kappa shape index (κ3) is 2.77. The molecular weight excluding hydrogens is 274 g/mol. The number of nitrogens with zero attached hydrogens (tertiary/aromatic N) is 2. The van der Waals surface area contributed by atoms with E-state index in [1.165, 1.54) is 6.07 Å². The SMILES string of the molecule is CC(Nc1ccc([N+](=O)[O-])c(Cl)c1)c1cncs1. The minimum Gasteiger partial charge on any atom is -0.378 e. The molecule has 5 nitrogen and oxygen atoms in total. The molecule has 0 radical (unpaired) electrons. The summed E-state index contributed by atoms with van der Waals surface area (Å²) < 4.78 is 0. The van der Waals surface area contributed by atoms with Crippen LogP contribution in [0, 0.1) is 10.1 Å². The zero-order valence-electron chi connectivity index (χ0n) is 9.46. The Morgan fingerprint density at radius 3 is 2.89 bits per heavy atom. The first-order valence-corrected chi connectivity index (χ1v) is 6.42. The van der Waals surface area contributed by atoms with Gasteiger partial charge in [-0.1, -0.05) is 11.6 Å².